The number of ketones is 1. The van der Waals surface area contributed by atoms with E-state index < -0.39 is 27.1 Å². The summed E-state index contributed by atoms with van der Waals surface area (Å²) >= 11 is 0. The molecule has 172 valence electrons. The maximum absolute atomic E-state index is 13.5. The Bertz CT molecular complexity index is 1200. The van der Waals surface area contributed by atoms with Crippen LogP contribution in [0, 0.1) is 26.6 Å². The van der Waals surface area contributed by atoms with Gasteiger partial charge in [-0.3, -0.25) is 18.6 Å². The van der Waals surface area contributed by atoms with E-state index in [1.165, 1.54) is 22.8 Å². The maximum Gasteiger partial charge on any atom is 0.294 e. The van der Waals surface area contributed by atoms with Gasteiger partial charge in [-0.2, -0.15) is 0 Å². The summed E-state index contributed by atoms with van der Waals surface area (Å²) in [5.74, 6) is 2.24. The van der Waals surface area contributed by atoms with Gasteiger partial charge < -0.3 is 15.2 Å². The molecule has 1 saturated heterocycles. The lowest BCUT2D eigenvalue weighted by Crippen LogP contribution is -2.44. The van der Waals surface area contributed by atoms with Gasteiger partial charge in [-0.25, -0.2) is 4.39 Å². The van der Waals surface area contributed by atoms with Gasteiger partial charge >= 0.3 is 0 Å². The van der Waals surface area contributed by atoms with Crippen LogP contribution in [0.3, 0.4) is 0 Å². The summed E-state index contributed by atoms with van der Waals surface area (Å²) in [4.78, 5) is 38.5. The van der Waals surface area contributed by atoms with Gasteiger partial charge in [0.1, 0.15) is 5.82 Å². The zero-order valence-electron chi connectivity index (χ0n) is 18.7. The number of carbonyl (C=O) groups is 3. The number of rotatable bonds is 5. The monoisotopic (exact) mass is 461 g/mol. The lowest BCUT2D eigenvalue weighted by atomic mass is 10.1. The van der Waals surface area contributed by atoms with Crippen molar-refractivity contribution in [3.05, 3.63) is 52.1 Å². The van der Waals surface area contributed by atoms with Gasteiger partial charge in [-0.1, -0.05) is 0 Å². The Morgan fingerprint density at radius 1 is 1.16 bits per heavy atom. The van der Waals surface area contributed by atoms with Gasteiger partial charge in [0.05, 0.1) is 11.3 Å². The number of halogens is 1. The number of Topliss-reactive ketones (excluding diaryl/α,β-unsaturated/α-hetero) is 1. The molecule has 2 N–H and O–H groups in total. The first-order valence-corrected chi connectivity index (χ1v) is 12.4. The number of amides is 2. The normalized spacial score (nSPS) is 20.6. The molecule has 0 spiro atoms. The summed E-state index contributed by atoms with van der Waals surface area (Å²) in [5, 5.41) is 5.45. The highest BCUT2D eigenvalue weighted by atomic mass is 32.2. The molecule has 0 aliphatic carbocycles. The van der Waals surface area contributed by atoms with Gasteiger partial charge in [-0.05, 0) is 78.3 Å². The van der Waals surface area contributed by atoms with Crippen molar-refractivity contribution in [3.63, 3.8) is 0 Å². The second-order valence-corrected chi connectivity index (χ2v) is 11.1. The largest absolute Gasteiger partial charge is 0.346 e. The van der Waals surface area contributed by atoms with E-state index in [0.29, 0.717) is 52.4 Å². The fourth-order valence-electron chi connectivity index (χ4n) is 4.01. The first kappa shape index (κ1) is 23.7. The van der Waals surface area contributed by atoms with Crippen molar-refractivity contribution in [1.82, 2.24) is 9.88 Å². The quantitative estimate of drug-likeness (QED) is 0.406. The van der Waals surface area contributed by atoms with E-state index in [4.69, 9.17) is 0 Å². The van der Waals surface area contributed by atoms with E-state index in [1.807, 2.05) is 0 Å². The number of aryl methyl sites for hydroxylation is 1. The van der Waals surface area contributed by atoms with E-state index in [1.54, 1.807) is 27.8 Å². The first-order valence-electron chi connectivity index (χ1n) is 10.3. The van der Waals surface area contributed by atoms with Crippen molar-refractivity contribution in [2.75, 3.05) is 16.8 Å². The Balaban J connectivity index is 1.80. The van der Waals surface area contributed by atoms with E-state index >= 15 is 0 Å². The van der Waals surface area contributed by atoms with Crippen molar-refractivity contribution in [2.45, 2.75) is 39.7 Å². The molecule has 2 amide bonds. The highest BCUT2D eigenvalue weighted by Crippen LogP contribution is 2.24. The molecular formula is C23H28FN3O4S. The molecule has 0 unspecified atom stereocenters. The molecule has 1 fully saturated rings. The average Bonchev–Trinajstić information content (AvgIpc) is 2.94. The van der Waals surface area contributed by atoms with E-state index in [9.17, 15) is 23.0 Å². The second-order valence-electron chi connectivity index (χ2n) is 8.36. The summed E-state index contributed by atoms with van der Waals surface area (Å²) < 4.78 is 27.0. The van der Waals surface area contributed by atoms with E-state index in [2.05, 4.69) is 16.5 Å². The second kappa shape index (κ2) is 8.90. The molecule has 9 heteroatoms. The van der Waals surface area contributed by atoms with Crippen LogP contribution in [-0.2, 0) is 21.4 Å². The Labute approximate surface area is 187 Å². The molecule has 3 rings (SSSR count). The highest BCUT2D eigenvalue weighted by molar-refractivity contribution is 8.00. The highest BCUT2D eigenvalue weighted by Gasteiger charge is 2.30. The maximum atomic E-state index is 13.5. The molecule has 0 bridgehead atoms. The minimum absolute atomic E-state index is 0.136. The number of benzene rings is 1. The molecule has 1 aromatic carbocycles. The molecule has 2 aromatic rings. The van der Waals surface area contributed by atoms with Crippen LogP contribution in [0.25, 0.3) is 0 Å². The fourth-order valence-corrected chi connectivity index (χ4v) is 5.65. The Morgan fingerprint density at radius 3 is 2.38 bits per heavy atom. The first-order chi connectivity index (χ1) is 14.9. The topological polar surface area (TPSA) is 97.3 Å². The van der Waals surface area contributed by atoms with Crippen molar-refractivity contribution < 1.29 is 23.0 Å². The molecule has 32 heavy (non-hydrogen) atoms. The predicted octanol–water partition coefficient (Wildman–Crippen LogP) is 2.52. The standard InChI is InChI=1S/C23H28FN3O4S/c1-13-12-17(6-7-18(13)24)26-22(29)19-14(2)20(27(4)15(19)3)21(28)23(30)25-16-8-10-32(5,31)11-9-16/h6-7,12,16H,5,8-11H2,1-4H3,(H,25,30)(H,26,29). The molecule has 7 nitrogen and oxygen atoms in total. The van der Waals surface area contributed by atoms with Crippen molar-refractivity contribution in [1.29, 1.82) is 0 Å². The number of nitrogens with one attached hydrogen (secondary N) is 2. The van der Waals surface area contributed by atoms with E-state index in [-0.39, 0.29) is 17.6 Å². The van der Waals surface area contributed by atoms with Gasteiger partial charge in [0.2, 0.25) is 0 Å². The Kier molecular flexibility index (Phi) is 6.59. The summed E-state index contributed by atoms with van der Waals surface area (Å²) in [6.45, 7) is 4.91. The van der Waals surface area contributed by atoms with Crippen LogP contribution in [0.1, 0.15) is 50.5 Å². The Hall–Kier alpha value is -2.94. The molecule has 1 aliphatic heterocycles. The van der Waals surface area contributed by atoms with Crippen molar-refractivity contribution >= 4 is 38.7 Å². The third-order valence-electron chi connectivity index (χ3n) is 6.01. The van der Waals surface area contributed by atoms with E-state index in [0.717, 1.165) is 0 Å². The number of hydrogen-bond acceptors (Lipinski definition) is 4. The summed E-state index contributed by atoms with van der Waals surface area (Å²) in [6.07, 6.45) is 1.02. The lowest BCUT2D eigenvalue weighted by molar-refractivity contribution is -0.117. The van der Waals surface area contributed by atoms with Crippen molar-refractivity contribution in [2.24, 2.45) is 7.05 Å². The fraction of sp³-hybridized carbons (Fsp3) is 0.391. The van der Waals surface area contributed by atoms with Gasteiger partial charge in [0.15, 0.2) is 0 Å². The lowest BCUT2D eigenvalue weighted by Gasteiger charge is -2.25. The molecule has 0 atom stereocenters. The smallest absolute Gasteiger partial charge is 0.294 e. The van der Waals surface area contributed by atoms with Gasteiger partial charge in [0, 0.05) is 36.0 Å². The average molecular weight is 462 g/mol. The number of nitrogens with zero attached hydrogens (tertiary/aromatic N) is 1. The zero-order valence-corrected chi connectivity index (χ0v) is 19.5. The molecule has 0 saturated carbocycles. The minimum Gasteiger partial charge on any atom is -0.346 e. The molecule has 0 radical (unpaired) electrons. The molecule has 1 aromatic heterocycles. The summed E-state index contributed by atoms with van der Waals surface area (Å²) in [7, 11) is -0.461. The van der Waals surface area contributed by atoms with Crippen LogP contribution in [0.2, 0.25) is 0 Å². The molecule has 1 aliphatic rings. The minimum atomic E-state index is -2.09. The van der Waals surface area contributed by atoms with Crippen molar-refractivity contribution in [3.8, 4) is 0 Å². The van der Waals surface area contributed by atoms with Crippen LogP contribution in [0.5, 0.6) is 0 Å². The number of carbonyl (C=O) groups excluding carboxylic acids is 3. The Morgan fingerprint density at radius 2 is 1.78 bits per heavy atom. The van der Waals surface area contributed by atoms with Gasteiger partial charge in [0.25, 0.3) is 17.6 Å². The third-order valence-corrected chi connectivity index (χ3v) is 7.97. The van der Waals surface area contributed by atoms with Crippen LogP contribution >= 0.6 is 0 Å². The van der Waals surface area contributed by atoms with Crippen LogP contribution in [-0.4, -0.2) is 49.8 Å². The number of aromatic nitrogens is 1. The van der Waals surface area contributed by atoms with Crippen LogP contribution in [0.15, 0.2) is 18.2 Å². The predicted molar refractivity (Wildman–Crippen MR) is 124 cm³/mol. The number of anilines is 1. The zero-order chi connectivity index (χ0) is 23.8. The number of hydrogen-bond donors (Lipinski definition) is 2. The summed E-state index contributed by atoms with van der Waals surface area (Å²) in [6, 6.07) is 4.03. The molecular weight excluding hydrogens is 433 g/mol. The van der Waals surface area contributed by atoms with Crippen LogP contribution < -0.4 is 10.6 Å². The SMILES string of the molecule is C=S1(=O)CCC(NC(=O)C(=O)c2c(C)c(C(=O)Nc3ccc(F)c(C)c3)c(C)n2C)CC1. The van der Waals surface area contributed by atoms with Gasteiger partial charge in [-0.15, -0.1) is 0 Å². The van der Waals surface area contributed by atoms with Crippen LogP contribution in [0.4, 0.5) is 10.1 Å². The molecule has 2 heterocycles. The third kappa shape index (κ3) is 4.77. The summed E-state index contributed by atoms with van der Waals surface area (Å²) in [5.41, 5.74) is 2.18.